The molecule has 0 saturated heterocycles. The third-order valence-electron chi connectivity index (χ3n) is 1.51. The number of rotatable bonds is 6. The summed E-state index contributed by atoms with van der Waals surface area (Å²) in [5.41, 5.74) is 0. The molecule has 0 aromatic carbocycles. The zero-order chi connectivity index (χ0) is 7.82. The van der Waals surface area contributed by atoms with Gasteiger partial charge in [-0.3, -0.25) is 0 Å². The van der Waals surface area contributed by atoms with Crippen LogP contribution in [0.15, 0.2) is 25.3 Å². The van der Waals surface area contributed by atoms with Gasteiger partial charge in [-0.2, -0.15) is 0 Å². The van der Waals surface area contributed by atoms with E-state index in [-0.39, 0.29) is 0 Å². The first kappa shape index (κ1) is 10.2. The van der Waals surface area contributed by atoms with Gasteiger partial charge in [0, 0.05) is 0 Å². The first-order chi connectivity index (χ1) is 4.85. The van der Waals surface area contributed by atoms with E-state index < -0.39 is 0 Å². The topological polar surface area (TPSA) is 0 Å². The van der Waals surface area contributed by atoms with Crippen molar-refractivity contribution in [2.45, 2.75) is 19.3 Å². The highest BCUT2D eigenvalue weighted by Crippen LogP contribution is 2.13. The van der Waals surface area contributed by atoms with Gasteiger partial charge in [-0.25, -0.2) is 0 Å². The van der Waals surface area contributed by atoms with Gasteiger partial charge in [-0.15, -0.1) is 13.2 Å². The second-order valence-corrected chi connectivity index (χ2v) is 3.43. The molecule has 0 saturated carbocycles. The van der Waals surface area contributed by atoms with E-state index in [1.165, 1.54) is 17.3 Å². The summed E-state index contributed by atoms with van der Waals surface area (Å²) in [6.07, 6.45) is 7.65. The largest absolute Gasteiger partial charge is 0.103 e. The number of hydrogen-bond donors (Lipinski definition) is 0. The molecule has 0 aromatic rings. The van der Waals surface area contributed by atoms with Gasteiger partial charge in [0.25, 0.3) is 0 Å². The maximum atomic E-state index is 3.78. The molecule has 0 aliphatic heterocycles. The van der Waals surface area contributed by atoms with E-state index in [9.17, 15) is 0 Å². The van der Waals surface area contributed by atoms with Crippen LogP contribution < -0.4 is 0 Å². The van der Waals surface area contributed by atoms with Gasteiger partial charge in [0.15, 0.2) is 0 Å². The Hall–Kier alpha value is 0.210. The Morgan fingerprint density at radius 2 is 2.10 bits per heavy atom. The summed E-state index contributed by atoms with van der Waals surface area (Å²) in [4.78, 5) is 0. The van der Waals surface area contributed by atoms with Crippen LogP contribution in [0.4, 0.5) is 0 Å². The molecule has 0 rings (SSSR count). The van der Waals surface area contributed by atoms with Crippen molar-refractivity contribution in [3.05, 3.63) is 25.3 Å². The highest BCUT2D eigenvalue weighted by Gasteiger charge is 1.99. The molecule has 0 N–H and O–H groups in total. The fourth-order valence-electron chi connectivity index (χ4n) is 0.885. The van der Waals surface area contributed by atoms with Crippen molar-refractivity contribution in [1.82, 2.24) is 0 Å². The number of allylic oxidation sites excluding steroid dienone is 2. The molecule has 10 heavy (non-hydrogen) atoms. The second kappa shape index (κ2) is 7.32. The lowest BCUT2D eigenvalue weighted by molar-refractivity contribution is 0.595. The fraction of sp³-hybridized carbons (Fsp3) is 0.556. The molecule has 0 fully saturated rings. The Bertz CT molecular complexity index is 96.9. The summed E-state index contributed by atoms with van der Waals surface area (Å²) >= 11 is 2.41. The van der Waals surface area contributed by atoms with Crippen LogP contribution in [-0.4, -0.2) is 4.43 Å². The Morgan fingerprint density at radius 1 is 1.40 bits per heavy atom. The van der Waals surface area contributed by atoms with E-state index in [4.69, 9.17) is 0 Å². The number of hydrogen-bond acceptors (Lipinski definition) is 0. The summed E-state index contributed by atoms with van der Waals surface area (Å²) in [5.74, 6) is 0.660. The molecule has 0 spiro atoms. The predicted molar refractivity (Wildman–Crippen MR) is 56.6 cm³/mol. The van der Waals surface area contributed by atoms with Crippen LogP contribution in [0.25, 0.3) is 0 Å². The summed E-state index contributed by atoms with van der Waals surface area (Å²) in [5, 5.41) is 0. The molecular formula is C9H15I. The van der Waals surface area contributed by atoms with Crippen LogP contribution in [0, 0.1) is 5.92 Å². The van der Waals surface area contributed by atoms with E-state index in [0.29, 0.717) is 5.92 Å². The first-order valence-corrected chi connectivity index (χ1v) is 5.17. The Kier molecular flexibility index (Phi) is 7.47. The summed E-state index contributed by atoms with van der Waals surface area (Å²) in [6, 6.07) is 0. The molecule has 58 valence electrons. The van der Waals surface area contributed by atoms with Gasteiger partial charge >= 0.3 is 0 Å². The van der Waals surface area contributed by atoms with Gasteiger partial charge in [0.05, 0.1) is 0 Å². The van der Waals surface area contributed by atoms with E-state index in [1.54, 1.807) is 0 Å². The van der Waals surface area contributed by atoms with Gasteiger partial charge in [0.2, 0.25) is 0 Å². The lowest BCUT2D eigenvalue weighted by Crippen LogP contribution is -1.93. The number of halogens is 1. The fourth-order valence-corrected chi connectivity index (χ4v) is 1.33. The standard InChI is InChI=1S/C9H15I/c1-3-6-9(4-2)7-5-8-10/h3-4,9H,1-2,5-8H2. The van der Waals surface area contributed by atoms with E-state index in [2.05, 4.69) is 35.7 Å². The van der Waals surface area contributed by atoms with Crippen LogP contribution in [-0.2, 0) is 0 Å². The summed E-state index contributed by atoms with van der Waals surface area (Å²) in [6.45, 7) is 7.49. The molecule has 0 heterocycles. The number of alkyl halides is 1. The molecule has 0 amide bonds. The van der Waals surface area contributed by atoms with Crippen molar-refractivity contribution in [2.75, 3.05) is 4.43 Å². The maximum absolute atomic E-state index is 3.78. The van der Waals surface area contributed by atoms with Crippen LogP contribution in [0.3, 0.4) is 0 Å². The molecular weight excluding hydrogens is 235 g/mol. The average molecular weight is 250 g/mol. The lowest BCUT2D eigenvalue weighted by Gasteiger charge is -2.06. The lowest BCUT2D eigenvalue weighted by atomic mass is 10.0. The maximum Gasteiger partial charge on any atom is -0.000451 e. The molecule has 0 aromatic heterocycles. The third kappa shape index (κ3) is 5.03. The van der Waals surface area contributed by atoms with Crippen molar-refractivity contribution < 1.29 is 0 Å². The molecule has 1 heteroatoms. The average Bonchev–Trinajstić information content (AvgIpc) is 1.98. The molecule has 0 aliphatic carbocycles. The van der Waals surface area contributed by atoms with Crippen molar-refractivity contribution in [2.24, 2.45) is 5.92 Å². The van der Waals surface area contributed by atoms with Crippen molar-refractivity contribution >= 4 is 22.6 Å². The van der Waals surface area contributed by atoms with Crippen LogP contribution in [0.5, 0.6) is 0 Å². The first-order valence-electron chi connectivity index (χ1n) is 3.64. The summed E-state index contributed by atoms with van der Waals surface area (Å²) in [7, 11) is 0. The Balaban J connectivity index is 3.38. The SMILES string of the molecule is C=CCC(C=C)CCCI. The van der Waals surface area contributed by atoms with Gasteiger partial charge in [0.1, 0.15) is 0 Å². The van der Waals surface area contributed by atoms with E-state index in [1.807, 2.05) is 12.2 Å². The molecule has 0 bridgehead atoms. The molecule has 0 nitrogen and oxygen atoms in total. The van der Waals surface area contributed by atoms with Crippen molar-refractivity contribution in [3.63, 3.8) is 0 Å². The Morgan fingerprint density at radius 3 is 2.50 bits per heavy atom. The summed E-state index contributed by atoms with van der Waals surface area (Å²) < 4.78 is 1.25. The van der Waals surface area contributed by atoms with Crippen molar-refractivity contribution in [3.8, 4) is 0 Å². The molecule has 1 unspecified atom stereocenters. The predicted octanol–water partition coefficient (Wildman–Crippen LogP) is 3.58. The van der Waals surface area contributed by atoms with Gasteiger partial charge in [-0.05, 0) is 29.6 Å². The zero-order valence-electron chi connectivity index (χ0n) is 6.35. The van der Waals surface area contributed by atoms with E-state index in [0.717, 1.165) is 6.42 Å². The van der Waals surface area contributed by atoms with Crippen molar-refractivity contribution in [1.29, 1.82) is 0 Å². The minimum Gasteiger partial charge on any atom is -0.103 e. The second-order valence-electron chi connectivity index (χ2n) is 2.35. The quantitative estimate of drug-likeness (QED) is 0.384. The highest BCUT2D eigenvalue weighted by atomic mass is 127. The van der Waals surface area contributed by atoms with Gasteiger partial charge in [-0.1, -0.05) is 34.7 Å². The Labute approximate surface area is 77.5 Å². The molecule has 0 radical (unpaired) electrons. The highest BCUT2D eigenvalue weighted by molar-refractivity contribution is 14.1. The monoisotopic (exact) mass is 250 g/mol. The van der Waals surface area contributed by atoms with Crippen LogP contribution in [0.2, 0.25) is 0 Å². The van der Waals surface area contributed by atoms with Crippen LogP contribution >= 0.6 is 22.6 Å². The normalized spacial score (nSPS) is 12.5. The third-order valence-corrected chi connectivity index (χ3v) is 2.27. The van der Waals surface area contributed by atoms with Crippen LogP contribution in [0.1, 0.15) is 19.3 Å². The minimum atomic E-state index is 0.660. The van der Waals surface area contributed by atoms with Gasteiger partial charge < -0.3 is 0 Å². The minimum absolute atomic E-state index is 0.660. The zero-order valence-corrected chi connectivity index (χ0v) is 8.51. The van der Waals surface area contributed by atoms with E-state index >= 15 is 0 Å². The molecule has 0 aliphatic rings. The molecule has 1 atom stereocenters. The smallest absolute Gasteiger partial charge is 0.000451 e.